The lowest BCUT2D eigenvalue weighted by molar-refractivity contribution is -0.127. The van der Waals surface area contributed by atoms with Crippen molar-refractivity contribution in [3.8, 4) is 0 Å². The highest BCUT2D eigenvalue weighted by atomic mass is 16.3. The minimum Gasteiger partial charge on any atom is -0.396 e. The molecule has 0 aliphatic heterocycles. The number of aliphatic hydroxyl groups is 1. The van der Waals surface area contributed by atoms with E-state index in [0.717, 1.165) is 32.1 Å². The second-order valence-corrected chi connectivity index (χ2v) is 9.24. The highest BCUT2D eigenvalue weighted by Gasteiger charge is 2.36. The Balaban J connectivity index is 3.64. The normalized spacial score (nSPS) is 14.9. The number of primary amides is 1. The van der Waals surface area contributed by atoms with Gasteiger partial charge in [0.2, 0.25) is 5.91 Å². The summed E-state index contributed by atoms with van der Waals surface area (Å²) in [4.78, 5) is 11.9. The fourth-order valence-corrected chi connectivity index (χ4v) is 4.36. The monoisotopic (exact) mass is 409 g/mol. The molecule has 1 amide bonds. The van der Waals surface area contributed by atoms with E-state index in [2.05, 4.69) is 26.0 Å². The molecule has 0 fully saturated rings. The predicted molar refractivity (Wildman–Crippen MR) is 127 cm³/mol. The molecule has 0 spiro atoms. The topological polar surface area (TPSA) is 63.3 Å². The predicted octanol–water partition coefficient (Wildman–Crippen LogP) is 7.31. The number of unbranched alkanes of at least 4 members (excludes halogenated alkanes) is 12. The maximum absolute atomic E-state index is 11.9. The van der Waals surface area contributed by atoms with E-state index in [0.29, 0.717) is 0 Å². The Hall–Kier alpha value is -0.830. The molecule has 0 saturated carbocycles. The van der Waals surface area contributed by atoms with Gasteiger partial charge in [-0.3, -0.25) is 4.79 Å². The van der Waals surface area contributed by atoms with Crippen molar-refractivity contribution in [1.29, 1.82) is 0 Å². The van der Waals surface area contributed by atoms with Crippen molar-refractivity contribution in [3.63, 3.8) is 0 Å². The third-order valence-electron chi connectivity index (χ3n) is 6.37. The zero-order valence-electron chi connectivity index (χ0n) is 19.9. The lowest BCUT2D eigenvalue weighted by Crippen LogP contribution is -2.40. The first-order chi connectivity index (χ1) is 14.0. The number of hydrogen-bond donors (Lipinski definition) is 2. The Morgan fingerprint density at radius 1 is 0.828 bits per heavy atom. The SMILES string of the molecule is CCCCCC/C=C\CCCCCCCCCCC(C(N)=O)C(C)(CO)CCC. The lowest BCUT2D eigenvalue weighted by Gasteiger charge is -2.34. The Labute approximate surface area is 181 Å². The van der Waals surface area contributed by atoms with Gasteiger partial charge in [-0.05, 0) is 38.5 Å². The summed E-state index contributed by atoms with van der Waals surface area (Å²) in [5.74, 6) is -0.447. The van der Waals surface area contributed by atoms with E-state index in [9.17, 15) is 9.90 Å². The molecule has 3 N–H and O–H groups in total. The molecule has 0 aromatic carbocycles. The third kappa shape index (κ3) is 14.7. The van der Waals surface area contributed by atoms with Crippen LogP contribution < -0.4 is 5.73 Å². The Morgan fingerprint density at radius 3 is 1.76 bits per heavy atom. The fourth-order valence-electron chi connectivity index (χ4n) is 4.36. The number of allylic oxidation sites excluding steroid dienone is 2. The minimum absolute atomic E-state index is 0.0441. The fraction of sp³-hybridized carbons (Fsp3) is 0.885. The Bertz CT molecular complexity index is 408. The number of carbonyl (C=O) groups is 1. The van der Waals surface area contributed by atoms with Crippen molar-refractivity contribution in [2.75, 3.05) is 6.61 Å². The number of hydrogen-bond acceptors (Lipinski definition) is 2. The third-order valence-corrected chi connectivity index (χ3v) is 6.37. The number of nitrogens with two attached hydrogens (primary N) is 1. The van der Waals surface area contributed by atoms with Crippen LogP contribution in [0.15, 0.2) is 12.2 Å². The maximum Gasteiger partial charge on any atom is 0.221 e. The van der Waals surface area contributed by atoms with Gasteiger partial charge in [-0.1, -0.05) is 104 Å². The van der Waals surface area contributed by atoms with Gasteiger partial charge in [0.1, 0.15) is 0 Å². The van der Waals surface area contributed by atoms with Gasteiger partial charge in [-0.2, -0.15) is 0 Å². The van der Waals surface area contributed by atoms with Crippen LogP contribution in [0, 0.1) is 11.3 Å². The van der Waals surface area contributed by atoms with Gasteiger partial charge in [0.25, 0.3) is 0 Å². The van der Waals surface area contributed by atoms with Crippen molar-refractivity contribution in [1.82, 2.24) is 0 Å². The molecule has 0 heterocycles. The molecule has 0 rings (SSSR count). The van der Waals surface area contributed by atoms with Crippen LogP contribution in [0.1, 0.15) is 130 Å². The summed E-state index contributed by atoms with van der Waals surface area (Å²) in [6.07, 6.45) is 25.4. The van der Waals surface area contributed by atoms with Crippen molar-refractivity contribution >= 4 is 5.91 Å². The molecule has 0 aliphatic carbocycles. The molecule has 0 radical (unpaired) electrons. The van der Waals surface area contributed by atoms with Gasteiger partial charge in [0.15, 0.2) is 0 Å². The summed E-state index contributed by atoms with van der Waals surface area (Å²) >= 11 is 0. The van der Waals surface area contributed by atoms with Gasteiger partial charge >= 0.3 is 0 Å². The molecule has 3 nitrogen and oxygen atoms in total. The van der Waals surface area contributed by atoms with Crippen LogP contribution in [0.25, 0.3) is 0 Å². The highest BCUT2D eigenvalue weighted by molar-refractivity contribution is 5.77. The molecular weight excluding hydrogens is 358 g/mol. The van der Waals surface area contributed by atoms with E-state index < -0.39 is 0 Å². The van der Waals surface area contributed by atoms with Crippen LogP contribution in [0.2, 0.25) is 0 Å². The average molecular weight is 410 g/mol. The van der Waals surface area contributed by atoms with Crippen molar-refractivity contribution in [2.45, 2.75) is 130 Å². The standard InChI is InChI=1S/C26H51NO2/c1-4-6-7-8-9-10-11-12-13-14-15-16-17-18-19-20-21-24(25(27)29)26(3,23-28)22-5-2/h10-11,24,28H,4-9,12-23H2,1-3H3,(H2,27,29)/b11-10-. The summed E-state index contributed by atoms with van der Waals surface area (Å²) in [6, 6.07) is 0. The van der Waals surface area contributed by atoms with Crippen LogP contribution >= 0.6 is 0 Å². The minimum atomic E-state index is -0.357. The molecule has 0 aromatic rings. The molecule has 172 valence electrons. The molecule has 3 heteroatoms. The maximum atomic E-state index is 11.9. The molecule has 0 aromatic heterocycles. The van der Waals surface area contributed by atoms with Crippen LogP contribution in [-0.4, -0.2) is 17.6 Å². The average Bonchev–Trinajstić information content (AvgIpc) is 2.70. The van der Waals surface area contributed by atoms with Crippen molar-refractivity contribution < 1.29 is 9.90 Å². The first-order valence-corrected chi connectivity index (χ1v) is 12.6. The van der Waals surface area contributed by atoms with Crippen LogP contribution in [0.3, 0.4) is 0 Å². The molecule has 0 bridgehead atoms. The van der Waals surface area contributed by atoms with Gasteiger partial charge in [0.05, 0.1) is 0 Å². The van der Waals surface area contributed by atoms with Crippen molar-refractivity contribution in [2.24, 2.45) is 17.1 Å². The first-order valence-electron chi connectivity index (χ1n) is 12.6. The van der Waals surface area contributed by atoms with E-state index in [4.69, 9.17) is 5.73 Å². The largest absolute Gasteiger partial charge is 0.396 e. The quantitative estimate of drug-likeness (QED) is 0.154. The number of rotatable bonds is 21. The summed E-state index contributed by atoms with van der Waals surface area (Å²) in [5.41, 5.74) is 5.28. The first kappa shape index (κ1) is 28.2. The van der Waals surface area contributed by atoms with Gasteiger partial charge < -0.3 is 10.8 Å². The molecular formula is C26H51NO2. The molecule has 0 aliphatic rings. The van der Waals surface area contributed by atoms with E-state index in [-0.39, 0.29) is 23.8 Å². The molecule has 2 atom stereocenters. The summed E-state index contributed by atoms with van der Waals surface area (Å²) in [6.45, 7) is 6.41. The summed E-state index contributed by atoms with van der Waals surface area (Å²) in [5, 5.41) is 9.76. The second kappa shape index (κ2) is 19.2. The van der Waals surface area contributed by atoms with Crippen LogP contribution in [0.4, 0.5) is 0 Å². The lowest BCUT2D eigenvalue weighted by atomic mass is 9.72. The second-order valence-electron chi connectivity index (χ2n) is 9.24. The highest BCUT2D eigenvalue weighted by Crippen LogP contribution is 2.35. The van der Waals surface area contributed by atoms with Gasteiger partial charge in [0, 0.05) is 17.9 Å². The molecule has 29 heavy (non-hydrogen) atoms. The number of carbonyl (C=O) groups excluding carboxylic acids is 1. The molecule has 2 unspecified atom stereocenters. The Morgan fingerprint density at radius 2 is 1.31 bits per heavy atom. The number of amides is 1. The summed E-state index contributed by atoms with van der Waals surface area (Å²) < 4.78 is 0. The smallest absolute Gasteiger partial charge is 0.221 e. The van der Waals surface area contributed by atoms with E-state index in [1.807, 2.05) is 6.92 Å². The van der Waals surface area contributed by atoms with Crippen molar-refractivity contribution in [3.05, 3.63) is 12.2 Å². The van der Waals surface area contributed by atoms with Gasteiger partial charge in [-0.25, -0.2) is 0 Å². The number of aliphatic hydroxyl groups excluding tert-OH is 1. The van der Waals surface area contributed by atoms with Gasteiger partial charge in [-0.15, -0.1) is 0 Å². The summed E-state index contributed by atoms with van der Waals surface area (Å²) in [7, 11) is 0. The van der Waals surface area contributed by atoms with Crippen LogP contribution in [0.5, 0.6) is 0 Å². The molecule has 0 saturated heterocycles. The van der Waals surface area contributed by atoms with Crippen LogP contribution in [-0.2, 0) is 4.79 Å². The van der Waals surface area contributed by atoms with E-state index >= 15 is 0 Å². The van der Waals surface area contributed by atoms with E-state index in [1.165, 1.54) is 77.0 Å². The Kier molecular flexibility index (Phi) is 18.6. The zero-order chi connectivity index (χ0) is 21.8. The van der Waals surface area contributed by atoms with E-state index in [1.54, 1.807) is 0 Å². The zero-order valence-corrected chi connectivity index (χ0v) is 19.9.